The van der Waals surface area contributed by atoms with Crippen molar-refractivity contribution in [3.8, 4) is 0 Å². The Balaban J connectivity index is 2.36. The first kappa shape index (κ1) is 15.9. The number of nitrogens with one attached hydrogen (secondary N) is 1. The minimum Gasteiger partial charge on any atom is -0.395 e. The van der Waals surface area contributed by atoms with Crippen LogP contribution >= 0.6 is 0 Å². The van der Waals surface area contributed by atoms with Crippen LogP contribution in [0, 0.1) is 17.8 Å². The van der Waals surface area contributed by atoms with Crippen LogP contribution in [0.3, 0.4) is 0 Å². The van der Waals surface area contributed by atoms with E-state index in [1.165, 1.54) is 19.3 Å². The zero-order valence-corrected chi connectivity index (χ0v) is 12.5. The molecule has 1 aliphatic carbocycles. The van der Waals surface area contributed by atoms with E-state index in [9.17, 15) is 0 Å². The van der Waals surface area contributed by atoms with Gasteiger partial charge in [0.15, 0.2) is 0 Å². The van der Waals surface area contributed by atoms with Gasteiger partial charge < -0.3 is 15.2 Å². The lowest BCUT2D eigenvalue weighted by Gasteiger charge is -2.37. The molecule has 0 bridgehead atoms. The van der Waals surface area contributed by atoms with Crippen LogP contribution in [0.4, 0.5) is 0 Å². The first-order valence-electron chi connectivity index (χ1n) is 7.48. The predicted molar refractivity (Wildman–Crippen MR) is 75.6 cm³/mol. The Labute approximate surface area is 112 Å². The van der Waals surface area contributed by atoms with Crippen LogP contribution in [-0.2, 0) is 4.74 Å². The number of likely N-dealkylation sites (N-methyl/N-ethyl adjacent to an activating group) is 1. The standard InChI is InChI=1S/C15H31NO2/c1-11(2)14-6-5-12(3)9-15(14)18-8-7-13(10-17)16-4/h11-17H,5-10H2,1-4H3. The molecule has 0 aromatic heterocycles. The van der Waals surface area contributed by atoms with Crippen molar-refractivity contribution < 1.29 is 9.84 Å². The molecular weight excluding hydrogens is 226 g/mol. The second-order valence-electron chi connectivity index (χ2n) is 6.19. The lowest BCUT2D eigenvalue weighted by Crippen LogP contribution is -2.36. The van der Waals surface area contributed by atoms with Crippen LogP contribution in [0.25, 0.3) is 0 Å². The normalized spacial score (nSPS) is 30.7. The number of ether oxygens (including phenoxy) is 1. The summed E-state index contributed by atoms with van der Waals surface area (Å²) in [4.78, 5) is 0. The summed E-state index contributed by atoms with van der Waals surface area (Å²) in [6.07, 6.45) is 5.16. The van der Waals surface area contributed by atoms with Crippen molar-refractivity contribution >= 4 is 0 Å². The van der Waals surface area contributed by atoms with E-state index in [1.807, 2.05) is 7.05 Å². The Bertz CT molecular complexity index is 217. The van der Waals surface area contributed by atoms with Crippen LogP contribution < -0.4 is 5.32 Å². The zero-order chi connectivity index (χ0) is 13.5. The van der Waals surface area contributed by atoms with Gasteiger partial charge in [0, 0.05) is 12.6 Å². The number of aliphatic hydroxyl groups excluding tert-OH is 1. The third-order valence-electron chi connectivity index (χ3n) is 4.39. The fourth-order valence-corrected chi connectivity index (χ4v) is 2.99. The molecule has 0 heterocycles. The van der Waals surface area contributed by atoms with Crippen LogP contribution in [0.15, 0.2) is 0 Å². The number of hydrogen-bond acceptors (Lipinski definition) is 3. The summed E-state index contributed by atoms with van der Waals surface area (Å²) < 4.78 is 6.11. The molecule has 0 aromatic carbocycles. The second-order valence-corrected chi connectivity index (χ2v) is 6.19. The molecule has 0 amide bonds. The largest absolute Gasteiger partial charge is 0.395 e. The zero-order valence-electron chi connectivity index (χ0n) is 12.5. The SMILES string of the molecule is CNC(CO)CCOC1CC(C)CCC1C(C)C. The van der Waals surface area contributed by atoms with E-state index in [4.69, 9.17) is 9.84 Å². The van der Waals surface area contributed by atoms with E-state index in [0.717, 1.165) is 18.9 Å². The molecule has 0 saturated heterocycles. The third kappa shape index (κ3) is 4.87. The smallest absolute Gasteiger partial charge is 0.0608 e. The Morgan fingerprint density at radius 2 is 2.06 bits per heavy atom. The van der Waals surface area contributed by atoms with E-state index >= 15 is 0 Å². The van der Waals surface area contributed by atoms with Crippen molar-refractivity contribution in [2.75, 3.05) is 20.3 Å². The highest BCUT2D eigenvalue weighted by Gasteiger charge is 2.31. The van der Waals surface area contributed by atoms with E-state index in [1.54, 1.807) is 0 Å². The molecular formula is C15H31NO2. The lowest BCUT2D eigenvalue weighted by molar-refractivity contribution is -0.0419. The molecule has 0 aliphatic heterocycles. The van der Waals surface area contributed by atoms with Crippen molar-refractivity contribution in [2.24, 2.45) is 17.8 Å². The summed E-state index contributed by atoms with van der Waals surface area (Å²) in [6.45, 7) is 7.89. The highest BCUT2D eigenvalue weighted by molar-refractivity contribution is 4.81. The average Bonchev–Trinajstić information content (AvgIpc) is 2.34. The average molecular weight is 257 g/mol. The Morgan fingerprint density at radius 1 is 1.33 bits per heavy atom. The van der Waals surface area contributed by atoms with Crippen molar-refractivity contribution in [1.29, 1.82) is 0 Å². The Kier molecular flexibility index (Phi) is 7.20. The second kappa shape index (κ2) is 8.13. The summed E-state index contributed by atoms with van der Waals surface area (Å²) in [6, 6.07) is 0.170. The van der Waals surface area contributed by atoms with E-state index < -0.39 is 0 Å². The molecule has 0 radical (unpaired) electrons. The van der Waals surface area contributed by atoms with Gasteiger partial charge in [-0.05, 0) is 44.1 Å². The van der Waals surface area contributed by atoms with Gasteiger partial charge in [-0.2, -0.15) is 0 Å². The maximum atomic E-state index is 9.13. The van der Waals surface area contributed by atoms with E-state index in [2.05, 4.69) is 26.1 Å². The topological polar surface area (TPSA) is 41.5 Å². The molecule has 2 N–H and O–H groups in total. The first-order valence-corrected chi connectivity index (χ1v) is 7.48. The fourth-order valence-electron chi connectivity index (χ4n) is 2.99. The number of hydrogen-bond donors (Lipinski definition) is 2. The quantitative estimate of drug-likeness (QED) is 0.736. The lowest BCUT2D eigenvalue weighted by atomic mass is 9.75. The van der Waals surface area contributed by atoms with Gasteiger partial charge in [-0.3, -0.25) is 0 Å². The predicted octanol–water partition coefficient (Wildman–Crippen LogP) is 2.43. The van der Waals surface area contributed by atoms with Crippen molar-refractivity contribution in [3.05, 3.63) is 0 Å². The van der Waals surface area contributed by atoms with Crippen molar-refractivity contribution in [2.45, 2.75) is 58.6 Å². The summed E-state index contributed by atoms with van der Waals surface area (Å²) >= 11 is 0. The summed E-state index contributed by atoms with van der Waals surface area (Å²) in [5, 5.41) is 12.2. The van der Waals surface area contributed by atoms with Crippen LogP contribution in [0.2, 0.25) is 0 Å². The molecule has 1 fully saturated rings. The van der Waals surface area contributed by atoms with Gasteiger partial charge in [-0.15, -0.1) is 0 Å². The van der Waals surface area contributed by atoms with Gasteiger partial charge in [0.2, 0.25) is 0 Å². The van der Waals surface area contributed by atoms with Crippen molar-refractivity contribution in [1.82, 2.24) is 5.32 Å². The van der Waals surface area contributed by atoms with Gasteiger partial charge in [-0.1, -0.05) is 27.2 Å². The monoisotopic (exact) mass is 257 g/mol. The molecule has 4 atom stereocenters. The molecule has 18 heavy (non-hydrogen) atoms. The maximum absolute atomic E-state index is 9.13. The number of rotatable bonds is 7. The molecule has 0 aromatic rings. The molecule has 3 heteroatoms. The minimum atomic E-state index is 0.170. The third-order valence-corrected chi connectivity index (χ3v) is 4.39. The van der Waals surface area contributed by atoms with Crippen LogP contribution in [-0.4, -0.2) is 37.5 Å². The van der Waals surface area contributed by atoms with Gasteiger partial charge in [0.1, 0.15) is 0 Å². The number of aliphatic hydroxyl groups is 1. The summed E-state index contributed by atoms with van der Waals surface area (Å²) in [5.74, 6) is 2.21. The van der Waals surface area contributed by atoms with Gasteiger partial charge in [-0.25, -0.2) is 0 Å². The van der Waals surface area contributed by atoms with Gasteiger partial charge in [0.25, 0.3) is 0 Å². The Hall–Kier alpha value is -0.120. The molecule has 4 unspecified atom stereocenters. The van der Waals surface area contributed by atoms with Crippen LogP contribution in [0.5, 0.6) is 0 Å². The molecule has 0 spiro atoms. The highest BCUT2D eigenvalue weighted by atomic mass is 16.5. The van der Waals surface area contributed by atoms with Gasteiger partial charge >= 0.3 is 0 Å². The first-order chi connectivity index (χ1) is 8.58. The van der Waals surface area contributed by atoms with Crippen LogP contribution in [0.1, 0.15) is 46.5 Å². The van der Waals surface area contributed by atoms with Crippen molar-refractivity contribution in [3.63, 3.8) is 0 Å². The highest BCUT2D eigenvalue weighted by Crippen LogP contribution is 2.35. The molecule has 1 rings (SSSR count). The Morgan fingerprint density at radius 3 is 2.61 bits per heavy atom. The summed E-state index contributed by atoms with van der Waals surface area (Å²) in [7, 11) is 1.89. The molecule has 1 saturated carbocycles. The molecule has 108 valence electrons. The molecule has 3 nitrogen and oxygen atoms in total. The fraction of sp³-hybridized carbons (Fsp3) is 1.00. The van der Waals surface area contributed by atoms with E-state index in [0.29, 0.717) is 17.9 Å². The summed E-state index contributed by atoms with van der Waals surface area (Å²) in [5.41, 5.74) is 0. The molecule has 1 aliphatic rings. The van der Waals surface area contributed by atoms with Gasteiger partial charge in [0.05, 0.1) is 12.7 Å². The maximum Gasteiger partial charge on any atom is 0.0608 e. The minimum absolute atomic E-state index is 0.170. The van der Waals surface area contributed by atoms with E-state index in [-0.39, 0.29) is 12.6 Å².